The quantitative estimate of drug-likeness (QED) is 0.752. The highest BCUT2D eigenvalue weighted by Gasteiger charge is 2.17. The molecule has 0 aromatic carbocycles. The molecule has 1 saturated heterocycles. The Morgan fingerprint density at radius 2 is 2.10 bits per heavy atom. The molecule has 2 heterocycles. The average Bonchev–Trinajstić information content (AvgIpc) is 2.81. The van der Waals surface area contributed by atoms with E-state index >= 15 is 0 Å². The van der Waals surface area contributed by atoms with E-state index in [9.17, 15) is 9.59 Å². The number of aromatic amines is 1. The molecule has 0 atom stereocenters. The summed E-state index contributed by atoms with van der Waals surface area (Å²) in [6.45, 7) is 7.17. The van der Waals surface area contributed by atoms with Crippen molar-refractivity contribution < 1.29 is 4.79 Å². The first-order valence-corrected chi connectivity index (χ1v) is 7.86. The zero-order valence-corrected chi connectivity index (χ0v) is 12.7. The largest absolute Gasteiger partial charge is 0.344 e. The lowest BCUT2D eigenvalue weighted by molar-refractivity contribution is -0.131. The highest BCUT2D eigenvalue weighted by atomic mass is 32.2. The molecule has 0 spiro atoms. The summed E-state index contributed by atoms with van der Waals surface area (Å²) in [7, 11) is 0. The molecule has 8 heteroatoms. The summed E-state index contributed by atoms with van der Waals surface area (Å²) >= 11 is 1.45. The van der Waals surface area contributed by atoms with E-state index < -0.39 is 0 Å². The Hall–Kier alpha value is -1.28. The number of nitrogens with one attached hydrogen (secondary N) is 2. The minimum atomic E-state index is -0.198. The summed E-state index contributed by atoms with van der Waals surface area (Å²) in [6.07, 6.45) is 0.476. The van der Waals surface area contributed by atoms with Crippen molar-refractivity contribution in [2.45, 2.75) is 31.5 Å². The molecular weight excluding hydrogens is 278 g/mol. The summed E-state index contributed by atoms with van der Waals surface area (Å²) in [6, 6.07) is 0.0626. The molecule has 1 amide bonds. The van der Waals surface area contributed by atoms with E-state index in [-0.39, 0.29) is 17.6 Å². The van der Waals surface area contributed by atoms with Crippen molar-refractivity contribution in [1.82, 2.24) is 25.0 Å². The number of piperazine rings is 1. The lowest BCUT2D eigenvalue weighted by atomic mass is 10.3. The van der Waals surface area contributed by atoms with Crippen molar-refractivity contribution in [3.05, 3.63) is 10.5 Å². The Bertz CT molecular complexity index is 504. The second kappa shape index (κ2) is 6.94. The van der Waals surface area contributed by atoms with E-state index in [1.54, 1.807) is 4.57 Å². The molecule has 20 heavy (non-hydrogen) atoms. The monoisotopic (exact) mass is 299 g/mol. The van der Waals surface area contributed by atoms with Gasteiger partial charge in [-0.2, -0.15) is 0 Å². The second-order valence-corrected chi connectivity index (χ2v) is 6.07. The van der Waals surface area contributed by atoms with Crippen molar-refractivity contribution in [3.8, 4) is 0 Å². The highest BCUT2D eigenvalue weighted by Crippen LogP contribution is 2.18. The van der Waals surface area contributed by atoms with E-state index in [1.165, 1.54) is 11.8 Å². The maximum absolute atomic E-state index is 12.0. The molecular formula is C12H21N5O2S. The van der Waals surface area contributed by atoms with Gasteiger partial charge in [-0.15, -0.1) is 5.10 Å². The zero-order chi connectivity index (χ0) is 14.5. The lowest BCUT2D eigenvalue weighted by Gasteiger charge is -2.27. The van der Waals surface area contributed by atoms with E-state index in [0.29, 0.717) is 17.3 Å². The Balaban J connectivity index is 1.84. The van der Waals surface area contributed by atoms with Crippen molar-refractivity contribution in [2.24, 2.45) is 0 Å². The lowest BCUT2D eigenvalue weighted by Crippen LogP contribution is -2.46. The molecule has 0 aliphatic carbocycles. The number of rotatable bonds is 5. The van der Waals surface area contributed by atoms with Gasteiger partial charge < -0.3 is 10.2 Å². The number of amides is 1. The first kappa shape index (κ1) is 15.1. The first-order chi connectivity index (χ1) is 9.59. The molecule has 2 rings (SSSR count). The fourth-order valence-corrected chi connectivity index (χ4v) is 3.15. The van der Waals surface area contributed by atoms with Gasteiger partial charge in [0.25, 0.3) is 0 Å². The Kier molecular flexibility index (Phi) is 5.24. The van der Waals surface area contributed by atoms with Crippen LogP contribution in [0.1, 0.15) is 26.3 Å². The van der Waals surface area contributed by atoms with Crippen LogP contribution in [0.2, 0.25) is 0 Å². The summed E-state index contributed by atoms with van der Waals surface area (Å²) in [5, 5.41) is 10.3. The smallest absolute Gasteiger partial charge is 0.340 e. The fraction of sp³-hybridized carbons (Fsp3) is 0.750. The normalized spacial score (nSPS) is 15.8. The zero-order valence-electron chi connectivity index (χ0n) is 11.9. The molecule has 1 aromatic heterocycles. The third-order valence-corrected chi connectivity index (χ3v) is 4.16. The Morgan fingerprint density at radius 1 is 1.40 bits per heavy atom. The number of aromatic nitrogens is 3. The molecule has 0 saturated carbocycles. The SMILES string of the molecule is CC(C)n1c(SCCC(=O)N2CCNCC2)n[nH]c1=O. The van der Waals surface area contributed by atoms with Crippen molar-refractivity contribution in [3.63, 3.8) is 0 Å². The van der Waals surface area contributed by atoms with Crippen LogP contribution in [0.3, 0.4) is 0 Å². The molecule has 7 nitrogen and oxygen atoms in total. The van der Waals surface area contributed by atoms with Crippen molar-refractivity contribution in [1.29, 1.82) is 0 Å². The number of hydrogen-bond donors (Lipinski definition) is 2. The highest BCUT2D eigenvalue weighted by molar-refractivity contribution is 7.99. The molecule has 1 aliphatic rings. The number of nitrogens with zero attached hydrogens (tertiary/aromatic N) is 3. The van der Waals surface area contributed by atoms with Gasteiger partial charge in [0.1, 0.15) is 0 Å². The van der Waals surface area contributed by atoms with Gasteiger partial charge in [0.15, 0.2) is 5.16 Å². The number of carbonyl (C=O) groups excluding carboxylic acids is 1. The predicted molar refractivity (Wildman–Crippen MR) is 78.0 cm³/mol. The van der Waals surface area contributed by atoms with E-state index in [4.69, 9.17) is 0 Å². The topological polar surface area (TPSA) is 83.0 Å². The van der Waals surface area contributed by atoms with Gasteiger partial charge in [-0.05, 0) is 13.8 Å². The maximum Gasteiger partial charge on any atom is 0.344 e. The molecule has 112 valence electrons. The van der Waals surface area contributed by atoms with Gasteiger partial charge in [0, 0.05) is 44.4 Å². The fourth-order valence-electron chi connectivity index (χ4n) is 2.15. The van der Waals surface area contributed by atoms with Crippen LogP contribution < -0.4 is 11.0 Å². The molecule has 0 bridgehead atoms. The predicted octanol–water partition coefficient (Wildman–Crippen LogP) is 0.0663. The van der Waals surface area contributed by atoms with Crippen molar-refractivity contribution in [2.75, 3.05) is 31.9 Å². The second-order valence-electron chi connectivity index (χ2n) is 5.00. The summed E-state index contributed by atoms with van der Waals surface area (Å²) in [5.41, 5.74) is -0.198. The van der Waals surface area contributed by atoms with Gasteiger partial charge in [0.05, 0.1) is 0 Å². The van der Waals surface area contributed by atoms with Crippen LogP contribution in [-0.4, -0.2) is 57.5 Å². The van der Waals surface area contributed by atoms with Crippen LogP contribution in [0.4, 0.5) is 0 Å². The van der Waals surface area contributed by atoms with Crippen LogP contribution in [-0.2, 0) is 4.79 Å². The standard InChI is InChI=1S/C12H21N5O2S/c1-9(2)17-11(19)14-15-12(17)20-8-3-10(18)16-6-4-13-5-7-16/h9,13H,3-8H2,1-2H3,(H,14,19). The summed E-state index contributed by atoms with van der Waals surface area (Å²) in [5.74, 6) is 0.813. The minimum absolute atomic E-state index is 0.0626. The molecule has 0 unspecified atom stereocenters. The molecule has 2 N–H and O–H groups in total. The number of thioether (sulfide) groups is 1. The molecule has 0 radical (unpaired) electrons. The van der Waals surface area contributed by atoms with Gasteiger partial charge >= 0.3 is 5.69 Å². The van der Waals surface area contributed by atoms with E-state index in [2.05, 4.69) is 15.5 Å². The van der Waals surface area contributed by atoms with Gasteiger partial charge in [0.2, 0.25) is 5.91 Å². The molecule has 1 aliphatic heterocycles. The third kappa shape index (κ3) is 3.63. The van der Waals surface area contributed by atoms with Crippen molar-refractivity contribution >= 4 is 17.7 Å². The van der Waals surface area contributed by atoms with Crippen LogP contribution >= 0.6 is 11.8 Å². The Labute approximate surface area is 122 Å². The number of H-pyrrole nitrogens is 1. The van der Waals surface area contributed by atoms with E-state index in [1.807, 2.05) is 18.7 Å². The molecule has 1 fully saturated rings. The van der Waals surface area contributed by atoms with Crippen LogP contribution in [0.5, 0.6) is 0 Å². The average molecular weight is 299 g/mol. The maximum atomic E-state index is 12.0. The van der Waals surface area contributed by atoms with E-state index in [0.717, 1.165) is 26.2 Å². The number of hydrogen-bond acceptors (Lipinski definition) is 5. The Morgan fingerprint density at radius 3 is 2.75 bits per heavy atom. The van der Waals surface area contributed by atoms with Gasteiger partial charge in [-0.25, -0.2) is 9.89 Å². The third-order valence-electron chi connectivity index (χ3n) is 3.21. The summed E-state index contributed by atoms with van der Waals surface area (Å²) < 4.78 is 1.61. The molecule has 1 aromatic rings. The van der Waals surface area contributed by atoms with Gasteiger partial charge in [-0.3, -0.25) is 9.36 Å². The van der Waals surface area contributed by atoms with Crippen LogP contribution in [0.15, 0.2) is 9.95 Å². The first-order valence-electron chi connectivity index (χ1n) is 6.88. The van der Waals surface area contributed by atoms with Gasteiger partial charge in [-0.1, -0.05) is 11.8 Å². The minimum Gasteiger partial charge on any atom is -0.340 e. The van der Waals surface area contributed by atoms with Crippen LogP contribution in [0, 0.1) is 0 Å². The van der Waals surface area contributed by atoms with Crippen LogP contribution in [0.25, 0.3) is 0 Å². The number of carbonyl (C=O) groups is 1. The summed E-state index contributed by atoms with van der Waals surface area (Å²) in [4.78, 5) is 25.5.